The summed E-state index contributed by atoms with van der Waals surface area (Å²) in [5, 5.41) is 3.23. The standard InChI is InChI=1S/C12H19F3N2/c1-9(10-6-16-7-10)8-17-4-2-11(3-5-17)12(13,14)15/h2,9-10,16H,3-8H2,1H3. The molecule has 1 fully saturated rings. The zero-order chi connectivity index (χ0) is 12.5. The molecule has 0 amide bonds. The van der Waals surface area contributed by atoms with E-state index in [2.05, 4.69) is 17.1 Å². The molecule has 0 aromatic rings. The summed E-state index contributed by atoms with van der Waals surface area (Å²) in [6.07, 6.45) is -2.65. The molecule has 2 aliphatic rings. The average Bonchev–Trinajstić information content (AvgIpc) is 2.13. The molecule has 0 aromatic carbocycles. The van der Waals surface area contributed by atoms with Crippen molar-refractivity contribution in [3.8, 4) is 0 Å². The van der Waals surface area contributed by atoms with Crippen LogP contribution in [-0.2, 0) is 0 Å². The molecule has 1 N–H and O–H groups in total. The third-order valence-corrected chi connectivity index (χ3v) is 3.82. The molecule has 0 bridgehead atoms. The van der Waals surface area contributed by atoms with Gasteiger partial charge in [-0.25, -0.2) is 0 Å². The maximum absolute atomic E-state index is 12.4. The van der Waals surface area contributed by atoms with Crippen molar-refractivity contribution >= 4 is 0 Å². The van der Waals surface area contributed by atoms with Gasteiger partial charge in [0.15, 0.2) is 0 Å². The number of hydrogen-bond acceptors (Lipinski definition) is 2. The first kappa shape index (κ1) is 12.9. The van der Waals surface area contributed by atoms with E-state index in [-0.39, 0.29) is 12.0 Å². The molecule has 98 valence electrons. The predicted octanol–water partition coefficient (Wildman–Crippen LogP) is 2.04. The van der Waals surface area contributed by atoms with Crippen LogP contribution in [0.4, 0.5) is 13.2 Å². The minimum atomic E-state index is -4.13. The van der Waals surface area contributed by atoms with Gasteiger partial charge in [-0.05, 0) is 31.3 Å². The molecule has 0 radical (unpaired) electrons. The fraction of sp³-hybridized carbons (Fsp3) is 0.833. The number of nitrogens with one attached hydrogen (secondary N) is 1. The number of rotatable bonds is 3. The van der Waals surface area contributed by atoms with Crippen molar-refractivity contribution in [1.29, 1.82) is 0 Å². The Kier molecular flexibility index (Phi) is 3.78. The van der Waals surface area contributed by atoms with Gasteiger partial charge in [0, 0.05) is 25.2 Å². The minimum Gasteiger partial charge on any atom is -0.316 e. The van der Waals surface area contributed by atoms with Crippen molar-refractivity contribution < 1.29 is 13.2 Å². The summed E-state index contributed by atoms with van der Waals surface area (Å²) < 4.78 is 37.3. The first-order valence-electron chi connectivity index (χ1n) is 6.16. The lowest BCUT2D eigenvalue weighted by atomic mass is 9.88. The number of halogens is 3. The number of nitrogens with zero attached hydrogens (tertiary/aromatic N) is 1. The highest BCUT2D eigenvalue weighted by Crippen LogP contribution is 2.30. The van der Waals surface area contributed by atoms with Gasteiger partial charge >= 0.3 is 6.18 Å². The second-order valence-electron chi connectivity index (χ2n) is 5.13. The topological polar surface area (TPSA) is 15.3 Å². The van der Waals surface area contributed by atoms with Gasteiger partial charge in [0.1, 0.15) is 0 Å². The molecule has 2 heterocycles. The molecular formula is C12H19F3N2. The Morgan fingerprint density at radius 2 is 2.18 bits per heavy atom. The van der Waals surface area contributed by atoms with Crippen LogP contribution in [0.25, 0.3) is 0 Å². The van der Waals surface area contributed by atoms with Gasteiger partial charge in [-0.3, -0.25) is 4.90 Å². The maximum Gasteiger partial charge on any atom is 0.412 e. The second-order valence-corrected chi connectivity index (χ2v) is 5.13. The maximum atomic E-state index is 12.4. The van der Waals surface area contributed by atoms with Crippen LogP contribution in [0.5, 0.6) is 0 Å². The van der Waals surface area contributed by atoms with E-state index in [1.54, 1.807) is 0 Å². The zero-order valence-electron chi connectivity index (χ0n) is 10.1. The van der Waals surface area contributed by atoms with Gasteiger partial charge in [-0.2, -0.15) is 13.2 Å². The Balaban J connectivity index is 1.80. The highest BCUT2D eigenvalue weighted by Gasteiger charge is 2.35. The summed E-state index contributed by atoms with van der Waals surface area (Å²) in [7, 11) is 0. The molecule has 0 aromatic heterocycles. The Morgan fingerprint density at radius 1 is 1.47 bits per heavy atom. The predicted molar refractivity (Wildman–Crippen MR) is 60.7 cm³/mol. The molecule has 2 aliphatic heterocycles. The van der Waals surface area contributed by atoms with Crippen LogP contribution in [0.1, 0.15) is 13.3 Å². The highest BCUT2D eigenvalue weighted by molar-refractivity contribution is 5.13. The third kappa shape index (κ3) is 3.22. The highest BCUT2D eigenvalue weighted by atomic mass is 19.4. The quantitative estimate of drug-likeness (QED) is 0.769. The fourth-order valence-electron chi connectivity index (χ4n) is 2.40. The summed E-state index contributed by atoms with van der Waals surface area (Å²) in [5.41, 5.74) is -0.355. The van der Waals surface area contributed by atoms with E-state index in [1.165, 1.54) is 6.08 Å². The van der Waals surface area contributed by atoms with Crippen LogP contribution < -0.4 is 5.32 Å². The molecule has 1 unspecified atom stereocenters. The van der Waals surface area contributed by atoms with Crippen molar-refractivity contribution in [2.45, 2.75) is 19.5 Å². The summed E-state index contributed by atoms with van der Waals surface area (Å²) in [6, 6.07) is 0. The van der Waals surface area contributed by atoms with Crippen molar-refractivity contribution in [2.24, 2.45) is 11.8 Å². The van der Waals surface area contributed by atoms with Gasteiger partial charge in [-0.1, -0.05) is 13.0 Å². The van der Waals surface area contributed by atoms with E-state index in [0.29, 0.717) is 24.9 Å². The van der Waals surface area contributed by atoms with E-state index in [0.717, 1.165) is 19.6 Å². The summed E-state index contributed by atoms with van der Waals surface area (Å²) >= 11 is 0. The van der Waals surface area contributed by atoms with Gasteiger partial charge in [-0.15, -0.1) is 0 Å². The van der Waals surface area contributed by atoms with Crippen LogP contribution >= 0.6 is 0 Å². The fourth-order valence-corrected chi connectivity index (χ4v) is 2.40. The number of alkyl halides is 3. The van der Waals surface area contributed by atoms with E-state index in [9.17, 15) is 13.2 Å². The normalized spacial score (nSPS) is 25.3. The van der Waals surface area contributed by atoms with Crippen LogP contribution in [0, 0.1) is 11.8 Å². The molecule has 5 heteroatoms. The SMILES string of the molecule is CC(CN1CC=C(C(F)(F)F)CC1)C1CNC1. The second kappa shape index (κ2) is 4.98. The van der Waals surface area contributed by atoms with Crippen LogP contribution in [0.2, 0.25) is 0 Å². The monoisotopic (exact) mass is 248 g/mol. The molecule has 1 saturated heterocycles. The molecule has 0 aliphatic carbocycles. The smallest absolute Gasteiger partial charge is 0.316 e. The van der Waals surface area contributed by atoms with Crippen LogP contribution in [0.3, 0.4) is 0 Å². The minimum absolute atomic E-state index is 0.138. The van der Waals surface area contributed by atoms with E-state index >= 15 is 0 Å². The van der Waals surface area contributed by atoms with E-state index in [4.69, 9.17) is 0 Å². The average molecular weight is 248 g/mol. The Bertz CT molecular complexity index is 295. The zero-order valence-corrected chi connectivity index (χ0v) is 10.1. The molecular weight excluding hydrogens is 229 g/mol. The Morgan fingerprint density at radius 3 is 2.59 bits per heavy atom. The van der Waals surface area contributed by atoms with Crippen molar-refractivity contribution in [3.05, 3.63) is 11.6 Å². The molecule has 0 saturated carbocycles. The molecule has 2 rings (SSSR count). The van der Waals surface area contributed by atoms with E-state index < -0.39 is 6.18 Å². The summed E-state index contributed by atoms with van der Waals surface area (Å²) in [5.74, 6) is 1.26. The van der Waals surface area contributed by atoms with E-state index in [1.807, 2.05) is 0 Å². The van der Waals surface area contributed by atoms with Crippen LogP contribution in [0.15, 0.2) is 11.6 Å². The molecule has 1 atom stereocenters. The Labute approximate surface area is 99.9 Å². The van der Waals surface area contributed by atoms with Gasteiger partial charge in [0.2, 0.25) is 0 Å². The summed E-state index contributed by atoms with van der Waals surface area (Å²) in [4.78, 5) is 2.12. The lowest BCUT2D eigenvalue weighted by molar-refractivity contribution is -0.0961. The lowest BCUT2D eigenvalue weighted by Crippen LogP contribution is -2.48. The molecule has 17 heavy (non-hydrogen) atoms. The largest absolute Gasteiger partial charge is 0.412 e. The molecule has 2 nitrogen and oxygen atoms in total. The third-order valence-electron chi connectivity index (χ3n) is 3.82. The Hall–Kier alpha value is -0.550. The van der Waals surface area contributed by atoms with Crippen molar-refractivity contribution in [1.82, 2.24) is 10.2 Å². The first-order chi connectivity index (χ1) is 7.97. The van der Waals surface area contributed by atoms with Crippen LogP contribution in [-0.4, -0.2) is 43.8 Å². The van der Waals surface area contributed by atoms with Gasteiger partial charge in [0.05, 0.1) is 0 Å². The van der Waals surface area contributed by atoms with Crippen molar-refractivity contribution in [2.75, 3.05) is 32.7 Å². The van der Waals surface area contributed by atoms with Gasteiger partial charge in [0.25, 0.3) is 0 Å². The van der Waals surface area contributed by atoms with Crippen molar-refractivity contribution in [3.63, 3.8) is 0 Å². The van der Waals surface area contributed by atoms with Gasteiger partial charge < -0.3 is 5.32 Å². The summed E-state index contributed by atoms with van der Waals surface area (Å²) in [6.45, 7) is 6.19. The molecule has 0 spiro atoms. The first-order valence-corrected chi connectivity index (χ1v) is 6.16. The number of hydrogen-bond donors (Lipinski definition) is 1. The lowest BCUT2D eigenvalue weighted by Gasteiger charge is -2.36.